The fraction of sp³-hybridized carbons (Fsp3) is 0.333. The molecule has 0 saturated heterocycles. The maximum atomic E-state index is 13.4. The van der Waals surface area contributed by atoms with E-state index in [1.807, 2.05) is 65.2 Å². The Balaban J connectivity index is 2.05. The van der Waals surface area contributed by atoms with Gasteiger partial charge in [-0.1, -0.05) is 40.6 Å². The Kier molecular flexibility index (Phi) is 5.84. The number of thiazole rings is 1. The van der Waals surface area contributed by atoms with Crippen LogP contribution in [-0.2, 0) is 0 Å². The summed E-state index contributed by atoms with van der Waals surface area (Å²) in [7, 11) is 4.00. The van der Waals surface area contributed by atoms with Crippen LogP contribution in [0.3, 0.4) is 0 Å². The Hall–Kier alpha value is -1.95. The van der Waals surface area contributed by atoms with Crippen molar-refractivity contribution in [2.45, 2.75) is 20.8 Å². The van der Waals surface area contributed by atoms with Gasteiger partial charge in [-0.15, -0.1) is 0 Å². The first-order chi connectivity index (χ1) is 12.8. The molecule has 3 aromatic rings. The number of aromatic nitrogens is 1. The molecule has 0 N–H and O–H groups in total. The standard InChI is InChI=1S/C21H24ClN3OS/c1-13-6-7-17(14(2)10-13)20(26)25(9-8-24(4)5)21-23-19-15(3)11-16(22)12-18(19)27-21/h6-7,10-12H,8-9H2,1-5H3. The molecule has 1 amide bonds. The lowest BCUT2D eigenvalue weighted by Gasteiger charge is -2.23. The van der Waals surface area contributed by atoms with Crippen LogP contribution in [0.15, 0.2) is 30.3 Å². The topological polar surface area (TPSA) is 36.4 Å². The van der Waals surface area contributed by atoms with Crippen molar-refractivity contribution in [1.29, 1.82) is 0 Å². The van der Waals surface area contributed by atoms with E-state index in [4.69, 9.17) is 16.6 Å². The van der Waals surface area contributed by atoms with Crippen molar-refractivity contribution < 1.29 is 4.79 Å². The zero-order chi connectivity index (χ0) is 19.7. The van der Waals surface area contributed by atoms with E-state index >= 15 is 0 Å². The molecule has 0 bridgehead atoms. The van der Waals surface area contributed by atoms with Gasteiger partial charge in [0.1, 0.15) is 0 Å². The minimum absolute atomic E-state index is 0.0165. The summed E-state index contributed by atoms with van der Waals surface area (Å²) in [6, 6.07) is 9.75. The highest BCUT2D eigenvalue weighted by atomic mass is 35.5. The molecule has 0 aliphatic rings. The number of anilines is 1. The maximum absolute atomic E-state index is 13.4. The van der Waals surface area contributed by atoms with Crippen LogP contribution in [0.1, 0.15) is 27.0 Å². The maximum Gasteiger partial charge on any atom is 0.260 e. The van der Waals surface area contributed by atoms with E-state index in [1.54, 1.807) is 4.90 Å². The third kappa shape index (κ3) is 4.32. The lowest BCUT2D eigenvalue weighted by atomic mass is 10.0. The monoisotopic (exact) mass is 401 g/mol. The summed E-state index contributed by atoms with van der Waals surface area (Å²) < 4.78 is 0.998. The number of amides is 1. The molecule has 0 fully saturated rings. The van der Waals surface area contributed by atoms with Gasteiger partial charge in [-0.25, -0.2) is 4.98 Å². The lowest BCUT2D eigenvalue weighted by Crippen LogP contribution is -2.37. The van der Waals surface area contributed by atoms with Gasteiger partial charge >= 0.3 is 0 Å². The summed E-state index contributed by atoms with van der Waals surface area (Å²) in [5.41, 5.74) is 4.77. The van der Waals surface area contributed by atoms with E-state index in [0.717, 1.165) is 33.5 Å². The lowest BCUT2D eigenvalue weighted by molar-refractivity contribution is 0.0984. The number of hydrogen-bond donors (Lipinski definition) is 0. The molecule has 2 aromatic carbocycles. The second-order valence-electron chi connectivity index (χ2n) is 7.14. The second kappa shape index (κ2) is 7.97. The fourth-order valence-corrected chi connectivity index (χ4v) is 4.49. The smallest absolute Gasteiger partial charge is 0.260 e. The summed E-state index contributed by atoms with van der Waals surface area (Å²) in [4.78, 5) is 22.0. The predicted octanol–water partition coefficient (Wildman–Crippen LogP) is 5.08. The Labute approximate surface area is 169 Å². The van der Waals surface area contributed by atoms with Crippen molar-refractivity contribution >= 4 is 44.2 Å². The van der Waals surface area contributed by atoms with E-state index < -0.39 is 0 Å². The molecule has 0 aliphatic heterocycles. The van der Waals surface area contributed by atoms with E-state index in [1.165, 1.54) is 11.3 Å². The van der Waals surface area contributed by atoms with Crippen molar-refractivity contribution in [2.75, 3.05) is 32.1 Å². The zero-order valence-electron chi connectivity index (χ0n) is 16.3. The number of halogens is 1. The van der Waals surface area contributed by atoms with Gasteiger partial charge in [-0.05, 0) is 64.2 Å². The Morgan fingerprint density at radius 1 is 1.07 bits per heavy atom. The highest BCUT2D eigenvalue weighted by molar-refractivity contribution is 7.22. The van der Waals surface area contributed by atoms with Gasteiger partial charge in [-0.2, -0.15) is 0 Å². The molecule has 0 saturated carbocycles. The van der Waals surface area contributed by atoms with Crippen LogP contribution < -0.4 is 4.90 Å². The van der Waals surface area contributed by atoms with Crippen LogP contribution >= 0.6 is 22.9 Å². The number of carbonyl (C=O) groups is 1. The number of hydrogen-bond acceptors (Lipinski definition) is 4. The summed E-state index contributed by atoms with van der Waals surface area (Å²) >= 11 is 7.71. The molecular weight excluding hydrogens is 378 g/mol. The van der Waals surface area contributed by atoms with Crippen LogP contribution in [0.5, 0.6) is 0 Å². The van der Waals surface area contributed by atoms with Gasteiger partial charge < -0.3 is 4.90 Å². The summed E-state index contributed by atoms with van der Waals surface area (Å²) in [6.07, 6.45) is 0. The van der Waals surface area contributed by atoms with E-state index in [2.05, 4.69) is 4.90 Å². The van der Waals surface area contributed by atoms with Crippen LogP contribution in [0.25, 0.3) is 10.2 Å². The zero-order valence-corrected chi connectivity index (χ0v) is 17.9. The molecule has 3 rings (SSSR count). The molecule has 0 spiro atoms. The minimum atomic E-state index is -0.0165. The third-order valence-corrected chi connectivity index (χ3v) is 5.74. The molecule has 4 nitrogen and oxygen atoms in total. The fourth-order valence-electron chi connectivity index (χ4n) is 3.04. The first-order valence-electron chi connectivity index (χ1n) is 8.87. The van der Waals surface area contributed by atoms with Crippen molar-refractivity contribution in [2.24, 2.45) is 0 Å². The quantitative estimate of drug-likeness (QED) is 0.597. The first kappa shape index (κ1) is 19.8. The van der Waals surface area contributed by atoms with Crippen LogP contribution in [0.4, 0.5) is 5.13 Å². The molecular formula is C21H24ClN3OS. The first-order valence-corrected chi connectivity index (χ1v) is 10.1. The highest BCUT2D eigenvalue weighted by Crippen LogP contribution is 2.33. The molecule has 1 aromatic heterocycles. The van der Waals surface area contributed by atoms with Crippen molar-refractivity contribution in [1.82, 2.24) is 9.88 Å². The number of benzene rings is 2. The summed E-state index contributed by atoms with van der Waals surface area (Å²) in [6.45, 7) is 7.34. The molecule has 142 valence electrons. The molecule has 0 unspecified atom stereocenters. The Morgan fingerprint density at radius 3 is 2.48 bits per heavy atom. The van der Waals surface area contributed by atoms with Crippen molar-refractivity contribution in [3.05, 3.63) is 57.6 Å². The third-order valence-electron chi connectivity index (χ3n) is 4.50. The number of fused-ring (bicyclic) bond motifs is 1. The van der Waals surface area contributed by atoms with Gasteiger partial charge in [0.2, 0.25) is 0 Å². The Morgan fingerprint density at radius 2 is 1.81 bits per heavy atom. The van der Waals surface area contributed by atoms with Gasteiger partial charge in [0.15, 0.2) is 5.13 Å². The molecule has 0 atom stereocenters. The summed E-state index contributed by atoms with van der Waals surface area (Å²) in [5.74, 6) is -0.0165. The largest absolute Gasteiger partial charge is 0.308 e. The Bertz CT molecular complexity index is 997. The van der Waals surface area contributed by atoms with E-state index in [0.29, 0.717) is 22.3 Å². The number of carbonyl (C=O) groups excluding carboxylic acids is 1. The van der Waals surface area contributed by atoms with Crippen LogP contribution in [0, 0.1) is 20.8 Å². The molecule has 27 heavy (non-hydrogen) atoms. The van der Waals surface area contributed by atoms with Gasteiger partial charge in [0.25, 0.3) is 5.91 Å². The normalized spacial score (nSPS) is 11.4. The van der Waals surface area contributed by atoms with Gasteiger partial charge in [-0.3, -0.25) is 9.69 Å². The van der Waals surface area contributed by atoms with E-state index in [9.17, 15) is 4.79 Å². The number of likely N-dealkylation sites (N-methyl/N-ethyl adjacent to an activating group) is 1. The average Bonchev–Trinajstić information content (AvgIpc) is 2.98. The van der Waals surface area contributed by atoms with Crippen LogP contribution in [0.2, 0.25) is 5.02 Å². The second-order valence-corrected chi connectivity index (χ2v) is 8.59. The molecule has 0 aliphatic carbocycles. The number of rotatable bonds is 5. The predicted molar refractivity (Wildman–Crippen MR) is 116 cm³/mol. The van der Waals surface area contributed by atoms with Crippen molar-refractivity contribution in [3.8, 4) is 0 Å². The van der Waals surface area contributed by atoms with Gasteiger partial charge in [0.05, 0.1) is 10.2 Å². The van der Waals surface area contributed by atoms with Crippen LogP contribution in [-0.4, -0.2) is 43.0 Å². The number of aryl methyl sites for hydroxylation is 3. The molecule has 0 radical (unpaired) electrons. The minimum Gasteiger partial charge on any atom is -0.308 e. The highest BCUT2D eigenvalue weighted by Gasteiger charge is 2.23. The van der Waals surface area contributed by atoms with Gasteiger partial charge in [0, 0.05) is 23.7 Å². The molecule has 1 heterocycles. The SMILES string of the molecule is Cc1ccc(C(=O)N(CCN(C)C)c2nc3c(C)cc(Cl)cc3s2)c(C)c1. The molecule has 6 heteroatoms. The van der Waals surface area contributed by atoms with E-state index in [-0.39, 0.29) is 5.91 Å². The number of nitrogens with zero attached hydrogens (tertiary/aromatic N) is 3. The summed E-state index contributed by atoms with van der Waals surface area (Å²) in [5, 5.41) is 1.40. The van der Waals surface area contributed by atoms with Crippen molar-refractivity contribution in [3.63, 3.8) is 0 Å². The average molecular weight is 402 g/mol.